The summed E-state index contributed by atoms with van der Waals surface area (Å²) < 4.78 is 31.6. The van der Waals surface area contributed by atoms with Crippen LogP contribution < -0.4 is 10.0 Å². The number of anilines is 1. The van der Waals surface area contributed by atoms with Crippen molar-refractivity contribution >= 4 is 27.6 Å². The number of ether oxygens (including phenoxy) is 1. The molecule has 0 heterocycles. The molecule has 2 aromatic carbocycles. The lowest BCUT2D eigenvalue weighted by atomic mass is 10.1. The van der Waals surface area contributed by atoms with E-state index in [1.54, 1.807) is 13.0 Å². The topological polar surface area (TPSA) is 102 Å². The van der Waals surface area contributed by atoms with E-state index in [9.17, 15) is 18.0 Å². The van der Waals surface area contributed by atoms with Gasteiger partial charge in [-0.25, -0.2) is 8.42 Å². The largest absolute Gasteiger partial charge is 0.455 e. The van der Waals surface area contributed by atoms with E-state index in [0.29, 0.717) is 5.69 Å². The van der Waals surface area contributed by atoms with Gasteiger partial charge < -0.3 is 10.1 Å². The van der Waals surface area contributed by atoms with Crippen molar-refractivity contribution in [3.05, 3.63) is 58.1 Å². The predicted molar refractivity (Wildman–Crippen MR) is 111 cm³/mol. The number of amides is 1. The van der Waals surface area contributed by atoms with Crippen molar-refractivity contribution in [2.75, 3.05) is 18.5 Å². The van der Waals surface area contributed by atoms with Crippen LogP contribution in [-0.4, -0.2) is 33.4 Å². The normalized spacial score (nSPS) is 11.2. The number of rotatable bonds is 7. The number of esters is 1. The molecule has 0 atom stereocenters. The van der Waals surface area contributed by atoms with Crippen LogP contribution in [0, 0.1) is 34.6 Å². The quantitative estimate of drug-likeness (QED) is 0.673. The summed E-state index contributed by atoms with van der Waals surface area (Å²) in [6.45, 7) is 8.33. The van der Waals surface area contributed by atoms with Crippen molar-refractivity contribution < 1.29 is 22.7 Å². The molecule has 156 valence electrons. The highest BCUT2D eigenvalue weighted by molar-refractivity contribution is 7.89. The first-order valence-electron chi connectivity index (χ1n) is 9.10. The van der Waals surface area contributed by atoms with Crippen molar-refractivity contribution in [3.63, 3.8) is 0 Å². The van der Waals surface area contributed by atoms with E-state index in [0.717, 1.165) is 27.8 Å². The summed E-state index contributed by atoms with van der Waals surface area (Å²) in [5.41, 5.74) is 5.36. The maximum Gasteiger partial charge on any atom is 0.321 e. The summed E-state index contributed by atoms with van der Waals surface area (Å²) in [7, 11) is -3.85. The molecule has 0 aliphatic rings. The Labute approximate surface area is 171 Å². The average molecular weight is 419 g/mol. The number of nitrogens with one attached hydrogen (secondary N) is 2. The second-order valence-electron chi connectivity index (χ2n) is 7.05. The molecule has 0 saturated heterocycles. The maximum absolute atomic E-state index is 12.3. The van der Waals surface area contributed by atoms with Crippen LogP contribution in [0.2, 0.25) is 0 Å². The van der Waals surface area contributed by atoms with Crippen LogP contribution >= 0.6 is 0 Å². The number of sulfonamides is 1. The minimum atomic E-state index is -3.85. The van der Waals surface area contributed by atoms with Gasteiger partial charge in [-0.3, -0.25) is 9.59 Å². The Hall–Kier alpha value is -2.71. The van der Waals surface area contributed by atoms with Gasteiger partial charge in [-0.05, 0) is 69.0 Å². The molecule has 8 heteroatoms. The molecular weight excluding hydrogens is 392 g/mol. The Morgan fingerprint density at radius 2 is 1.52 bits per heavy atom. The molecule has 0 fully saturated rings. The van der Waals surface area contributed by atoms with E-state index in [-0.39, 0.29) is 4.90 Å². The fraction of sp³-hybridized carbons (Fsp3) is 0.333. The molecule has 0 aliphatic carbocycles. The SMILES string of the molecule is Cc1cc(C)c(NC(=O)COC(=O)CNS(=O)(=O)c2ccc(C)c(C)c2)c(C)c1. The van der Waals surface area contributed by atoms with Gasteiger partial charge in [0.15, 0.2) is 6.61 Å². The van der Waals surface area contributed by atoms with Gasteiger partial charge in [0.05, 0.1) is 4.90 Å². The minimum Gasteiger partial charge on any atom is -0.455 e. The molecular formula is C21H26N2O5S. The molecule has 7 nitrogen and oxygen atoms in total. The summed E-state index contributed by atoms with van der Waals surface area (Å²) in [5.74, 6) is -1.34. The fourth-order valence-electron chi connectivity index (χ4n) is 2.87. The van der Waals surface area contributed by atoms with Crippen LogP contribution in [-0.2, 0) is 24.3 Å². The number of hydrogen-bond acceptors (Lipinski definition) is 5. The van der Waals surface area contributed by atoms with Gasteiger partial charge in [-0.15, -0.1) is 0 Å². The molecule has 2 N–H and O–H groups in total. The van der Waals surface area contributed by atoms with Crippen molar-refractivity contribution in [1.29, 1.82) is 0 Å². The van der Waals surface area contributed by atoms with Crippen molar-refractivity contribution in [1.82, 2.24) is 4.72 Å². The fourth-order valence-corrected chi connectivity index (χ4v) is 3.92. The second-order valence-corrected chi connectivity index (χ2v) is 8.82. The Bertz CT molecular complexity index is 1020. The lowest BCUT2D eigenvalue weighted by Gasteiger charge is -2.13. The number of hydrogen-bond donors (Lipinski definition) is 2. The van der Waals surface area contributed by atoms with Gasteiger partial charge in [0.25, 0.3) is 5.91 Å². The van der Waals surface area contributed by atoms with Crippen LogP contribution in [0.15, 0.2) is 35.2 Å². The lowest BCUT2D eigenvalue weighted by molar-refractivity contribution is -0.146. The number of benzene rings is 2. The van der Waals surface area contributed by atoms with E-state index in [2.05, 4.69) is 10.0 Å². The van der Waals surface area contributed by atoms with Gasteiger partial charge in [0.1, 0.15) is 6.54 Å². The Morgan fingerprint density at radius 1 is 0.897 bits per heavy atom. The standard InChI is InChI=1S/C21H26N2O5S/c1-13-8-16(4)21(17(5)9-13)23-19(24)12-28-20(25)11-22-29(26,27)18-7-6-14(2)15(3)10-18/h6-10,22H,11-12H2,1-5H3,(H,23,24). The van der Waals surface area contributed by atoms with Crippen LogP contribution in [0.1, 0.15) is 27.8 Å². The summed E-state index contributed by atoms with van der Waals surface area (Å²) in [5, 5.41) is 2.72. The highest BCUT2D eigenvalue weighted by Crippen LogP contribution is 2.21. The van der Waals surface area contributed by atoms with E-state index in [4.69, 9.17) is 4.74 Å². The number of carbonyl (C=O) groups excluding carboxylic acids is 2. The monoisotopic (exact) mass is 418 g/mol. The Balaban J connectivity index is 1.88. The summed E-state index contributed by atoms with van der Waals surface area (Å²) in [4.78, 5) is 24.0. The van der Waals surface area contributed by atoms with Gasteiger partial charge in [-0.2, -0.15) is 4.72 Å². The summed E-state index contributed by atoms with van der Waals surface area (Å²) >= 11 is 0. The van der Waals surface area contributed by atoms with Gasteiger partial charge in [-0.1, -0.05) is 23.8 Å². The van der Waals surface area contributed by atoms with Crippen molar-refractivity contribution in [2.24, 2.45) is 0 Å². The smallest absolute Gasteiger partial charge is 0.321 e. The Kier molecular flexibility index (Phi) is 7.16. The first kappa shape index (κ1) is 22.6. The highest BCUT2D eigenvalue weighted by Gasteiger charge is 2.17. The maximum atomic E-state index is 12.3. The molecule has 0 unspecified atom stereocenters. The molecule has 2 rings (SSSR count). The molecule has 29 heavy (non-hydrogen) atoms. The zero-order chi connectivity index (χ0) is 21.8. The van der Waals surface area contributed by atoms with E-state index in [1.165, 1.54) is 12.1 Å². The van der Waals surface area contributed by atoms with Crippen molar-refractivity contribution in [3.8, 4) is 0 Å². The first-order valence-corrected chi connectivity index (χ1v) is 10.6. The predicted octanol–water partition coefficient (Wildman–Crippen LogP) is 2.69. The number of aryl methyl sites for hydroxylation is 5. The summed E-state index contributed by atoms with van der Waals surface area (Å²) in [6.07, 6.45) is 0. The zero-order valence-electron chi connectivity index (χ0n) is 17.3. The molecule has 0 radical (unpaired) electrons. The Morgan fingerprint density at radius 3 is 2.10 bits per heavy atom. The molecule has 1 amide bonds. The van der Waals surface area contributed by atoms with Crippen molar-refractivity contribution in [2.45, 2.75) is 39.5 Å². The van der Waals surface area contributed by atoms with Crippen LogP contribution in [0.4, 0.5) is 5.69 Å². The van der Waals surface area contributed by atoms with Crippen LogP contribution in [0.25, 0.3) is 0 Å². The van der Waals surface area contributed by atoms with E-state index < -0.39 is 35.1 Å². The molecule has 0 aliphatic heterocycles. The molecule has 0 bridgehead atoms. The minimum absolute atomic E-state index is 0.0662. The molecule has 0 spiro atoms. The third-order valence-corrected chi connectivity index (χ3v) is 5.90. The zero-order valence-corrected chi connectivity index (χ0v) is 18.1. The van der Waals surface area contributed by atoms with Crippen LogP contribution in [0.5, 0.6) is 0 Å². The lowest BCUT2D eigenvalue weighted by Crippen LogP contribution is -2.32. The number of carbonyl (C=O) groups is 2. The average Bonchev–Trinajstić information content (AvgIpc) is 2.63. The van der Waals surface area contributed by atoms with Gasteiger partial charge in [0.2, 0.25) is 10.0 Å². The molecule has 0 saturated carbocycles. The third kappa shape index (κ3) is 6.13. The first-order chi connectivity index (χ1) is 13.5. The van der Waals surface area contributed by atoms with Gasteiger partial charge >= 0.3 is 5.97 Å². The second kappa shape index (κ2) is 9.19. The summed E-state index contributed by atoms with van der Waals surface area (Å²) in [6, 6.07) is 8.58. The molecule has 2 aromatic rings. The van der Waals surface area contributed by atoms with E-state index in [1.807, 2.05) is 39.8 Å². The molecule has 0 aromatic heterocycles. The van der Waals surface area contributed by atoms with E-state index >= 15 is 0 Å². The van der Waals surface area contributed by atoms with Gasteiger partial charge in [0, 0.05) is 5.69 Å². The van der Waals surface area contributed by atoms with Crippen LogP contribution in [0.3, 0.4) is 0 Å². The highest BCUT2D eigenvalue weighted by atomic mass is 32.2. The third-order valence-electron chi connectivity index (χ3n) is 4.50.